The first kappa shape index (κ1) is 25.8. The fraction of sp³-hybridized carbons (Fsp3) is 0.414. The number of ether oxygens (including phenoxy) is 2. The molecule has 0 bridgehead atoms. The number of furan rings is 1. The largest absolute Gasteiger partial charge is 0.497 e. The summed E-state index contributed by atoms with van der Waals surface area (Å²) in [6.45, 7) is 3.08. The highest BCUT2D eigenvalue weighted by Crippen LogP contribution is 2.29. The van der Waals surface area contributed by atoms with E-state index in [0.717, 1.165) is 56.0 Å². The number of carbonyl (C=O) groups is 1. The Kier molecular flexibility index (Phi) is 9.03. The molecule has 7 nitrogen and oxygen atoms in total. The Morgan fingerprint density at radius 1 is 1.08 bits per heavy atom. The minimum atomic E-state index is -0.0879. The lowest BCUT2D eigenvalue weighted by atomic mass is 9.84. The van der Waals surface area contributed by atoms with Crippen LogP contribution in [0.25, 0.3) is 0 Å². The maximum absolute atomic E-state index is 13.2. The molecule has 1 amide bonds. The maximum atomic E-state index is 13.2. The van der Waals surface area contributed by atoms with Gasteiger partial charge < -0.3 is 23.9 Å². The van der Waals surface area contributed by atoms with E-state index in [-0.39, 0.29) is 18.6 Å². The number of likely N-dealkylation sites (tertiary alicyclic amines) is 1. The van der Waals surface area contributed by atoms with Gasteiger partial charge in [-0.05, 0) is 85.8 Å². The second-order valence-electron chi connectivity index (χ2n) is 9.35. The summed E-state index contributed by atoms with van der Waals surface area (Å²) < 4.78 is 16.4. The van der Waals surface area contributed by atoms with Crippen molar-refractivity contribution >= 4 is 5.91 Å². The average molecular weight is 493 g/mol. The number of benzene rings is 2. The number of nitrogens with zero attached hydrogens (tertiary/aromatic N) is 2. The van der Waals surface area contributed by atoms with Crippen LogP contribution in [0, 0.1) is 5.92 Å². The lowest BCUT2D eigenvalue weighted by Gasteiger charge is -2.40. The Labute approximate surface area is 213 Å². The van der Waals surface area contributed by atoms with Crippen LogP contribution in [0.5, 0.6) is 11.5 Å². The zero-order valence-corrected chi connectivity index (χ0v) is 21.1. The number of aliphatic hydroxyl groups excluding tert-OH is 1. The molecule has 1 N–H and O–H groups in total. The SMILES string of the molecule is COc1cccc(C[C@@H](C2CCN(Cc3cccc(OCCO)c3)CC2)N(C)C(=O)c2ccco2)c1. The third-order valence-electron chi connectivity index (χ3n) is 6.97. The van der Waals surface area contributed by atoms with Crippen molar-refractivity contribution in [2.24, 2.45) is 5.92 Å². The number of aliphatic hydroxyl groups is 1. The van der Waals surface area contributed by atoms with Crippen LogP contribution in [0.15, 0.2) is 71.3 Å². The molecule has 1 saturated heterocycles. The molecule has 1 fully saturated rings. The fourth-order valence-electron chi connectivity index (χ4n) is 5.04. The Bertz CT molecular complexity index is 1090. The molecular formula is C29H36N2O5. The van der Waals surface area contributed by atoms with E-state index in [1.165, 1.54) is 5.56 Å². The molecule has 0 aliphatic carbocycles. The first-order chi connectivity index (χ1) is 17.6. The third kappa shape index (κ3) is 6.68. The van der Waals surface area contributed by atoms with E-state index in [1.807, 2.05) is 42.3 Å². The van der Waals surface area contributed by atoms with Crippen LogP contribution >= 0.6 is 0 Å². The van der Waals surface area contributed by atoms with E-state index in [2.05, 4.69) is 23.1 Å². The second kappa shape index (κ2) is 12.6. The van der Waals surface area contributed by atoms with E-state index in [9.17, 15) is 4.79 Å². The number of hydrogen-bond acceptors (Lipinski definition) is 6. The lowest BCUT2D eigenvalue weighted by molar-refractivity contribution is 0.0556. The molecule has 3 aromatic rings. The number of hydrogen-bond donors (Lipinski definition) is 1. The van der Waals surface area contributed by atoms with Crippen molar-refractivity contribution in [1.29, 1.82) is 0 Å². The number of amides is 1. The van der Waals surface area contributed by atoms with Crippen molar-refractivity contribution in [2.75, 3.05) is 40.5 Å². The molecular weight excluding hydrogens is 456 g/mol. The van der Waals surface area contributed by atoms with Gasteiger partial charge >= 0.3 is 0 Å². The van der Waals surface area contributed by atoms with Crippen LogP contribution in [-0.4, -0.2) is 67.3 Å². The van der Waals surface area contributed by atoms with Crippen molar-refractivity contribution in [1.82, 2.24) is 9.80 Å². The van der Waals surface area contributed by atoms with Crippen LogP contribution < -0.4 is 9.47 Å². The summed E-state index contributed by atoms with van der Waals surface area (Å²) in [5.41, 5.74) is 2.35. The first-order valence-corrected chi connectivity index (χ1v) is 12.6. The summed E-state index contributed by atoms with van der Waals surface area (Å²) in [6.07, 6.45) is 4.31. The van der Waals surface area contributed by atoms with Gasteiger partial charge in [0.2, 0.25) is 0 Å². The summed E-state index contributed by atoms with van der Waals surface area (Å²) in [6, 6.07) is 19.7. The monoisotopic (exact) mass is 492 g/mol. The predicted molar refractivity (Wildman–Crippen MR) is 138 cm³/mol. The van der Waals surface area contributed by atoms with Gasteiger partial charge in [0.25, 0.3) is 5.91 Å². The van der Waals surface area contributed by atoms with Crippen molar-refractivity contribution in [3.63, 3.8) is 0 Å². The minimum Gasteiger partial charge on any atom is -0.497 e. The van der Waals surface area contributed by atoms with E-state index in [4.69, 9.17) is 19.0 Å². The van der Waals surface area contributed by atoms with Gasteiger partial charge in [-0.2, -0.15) is 0 Å². The van der Waals surface area contributed by atoms with E-state index in [0.29, 0.717) is 18.3 Å². The maximum Gasteiger partial charge on any atom is 0.289 e. The quantitative estimate of drug-likeness (QED) is 0.431. The van der Waals surface area contributed by atoms with Gasteiger partial charge in [-0.3, -0.25) is 9.69 Å². The van der Waals surface area contributed by atoms with Gasteiger partial charge in [0.15, 0.2) is 5.76 Å². The van der Waals surface area contributed by atoms with Crippen molar-refractivity contribution < 1.29 is 23.8 Å². The van der Waals surface area contributed by atoms with Gasteiger partial charge in [-0.15, -0.1) is 0 Å². The fourth-order valence-corrected chi connectivity index (χ4v) is 5.04. The molecule has 1 aliphatic heterocycles. The molecule has 2 aromatic carbocycles. The Hall–Kier alpha value is -3.29. The van der Waals surface area contributed by atoms with Crippen LogP contribution in [-0.2, 0) is 13.0 Å². The number of rotatable bonds is 11. The topological polar surface area (TPSA) is 75.4 Å². The number of piperidine rings is 1. The third-order valence-corrected chi connectivity index (χ3v) is 6.97. The smallest absolute Gasteiger partial charge is 0.289 e. The molecule has 2 heterocycles. The summed E-state index contributed by atoms with van der Waals surface area (Å²) in [7, 11) is 3.56. The molecule has 1 atom stereocenters. The van der Waals surface area contributed by atoms with Crippen LogP contribution in [0.1, 0.15) is 34.5 Å². The van der Waals surface area contributed by atoms with Gasteiger partial charge in [0, 0.05) is 19.6 Å². The molecule has 4 rings (SSSR count). The predicted octanol–water partition coefficient (Wildman–Crippen LogP) is 4.25. The van der Waals surface area contributed by atoms with Crippen molar-refractivity contribution in [3.8, 4) is 11.5 Å². The normalized spacial score (nSPS) is 15.4. The first-order valence-electron chi connectivity index (χ1n) is 12.6. The molecule has 7 heteroatoms. The van der Waals surface area contributed by atoms with E-state index < -0.39 is 0 Å². The van der Waals surface area contributed by atoms with E-state index in [1.54, 1.807) is 25.5 Å². The summed E-state index contributed by atoms with van der Waals surface area (Å²) in [4.78, 5) is 17.5. The molecule has 0 spiro atoms. The Morgan fingerprint density at radius 2 is 1.81 bits per heavy atom. The highest BCUT2D eigenvalue weighted by atomic mass is 16.5. The van der Waals surface area contributed by atoms with Crippen molar-refractivity contribution in [2.45, 2.75) is 31.8 Å². The van der Waals surface area contributed by atoms with Crippen molar-refractivity contribution in [3.05, 3.63) is 83.8 Å². The zero-order chi connectivity index (χ0) is 25.3. The number of methoxy groups -OCH3 is 1. The molecule has 36 heavy (non-hydrogen) atoms. The Morgan fingerprint density at radius 3 is 2.50 bits per heavy atom. The Balaban J connectivity index is 1.43. The molecule has 0 saturated carbocycles. The van der Waals surface area contributed by atoms with Crippen LogP contribution in [0.2, 0.25) is 0 Å². The second-order valence-corrected chi connectivity index (χ2v) is 9.35. The van der Waals surface area contributed by atoms with Gasteiger partial charge in [-0.25, -0.2) is 0 Å². The van der Waals surface area contributed by atoms with Crippen LogP contribution in [0.3, 0.4) is 0 Å². The number of carbonyl (C=O) groups excluding carboxylic acids is 1. The molecule has 1 aliphatic rings. The summed E-state index contributed by atoms with van der Waals surface area (Å²) >= 11 is 0. The van der Waals surface area contributed by atoms with Gasteiger partial charge in [0.1, 0.15) is 18.1 Å². The molecule has 0 unspecified atom stereocenters. The molecule has 1 aromatic heterocycles. The molecule has 0 radical (unpaired) electrons. The van der Waals surface area contributed by atoms with Gasteiger partial charge in [-0.1, -0.05) is 24.3 Å². The standard InChI is InChI=1S/C29H36N2O5/c1-30(29(33)28-10-5-16-36-28)27(20-22-6-3-8-25(18-22)34-2)24-11-13-31(14-12-24)21-23-7-4-9-26(19-23)35-17-15-32/h3-10,16,18-19,24,27,32H,11-15,17,20-21H2,1-2H3/t27-/m0/s1. The highest BCUT2D eigenvalue weighted by molar-refractivity contribution is 5.91. The highest BCUT2D eigenvalue weighted by Gasteiger charge is 2.32. The summed E-state index contributed by atoms with van der Waals surface area (Å²) in [5.74, 6) is 2.26. The number of likely N-dealkylation sites (N-methyl/N-ethyl adjacent to an activating group) is 1. The minimum absolute atomic E-state index is 0.00550. The average Bonchev–Trinajstić information content (AvgIpc) is 3.46. The van der Waals surface area contributed by atoms with Crippen LogP contribution in [0.4, 0.5) is 0 Å². The van der Waals surface area contributed by atoms with Gasteiger partial charge in [0.05, 0.1) is 20.0 Å². The summed E-state index contributed by atoms with van der Waals surface area (Å²) in [5, 5.41) is 9.00. The lowest BCUT2D eigenvalue weighted by Crippen LogP contribution is -2.47. The molecule has 192 valence electrons. The van der Waals surface area contributed by atoms with E-state index >= 15 is 0 Å². The zero-order valence-electron chi connectivity index (χ0n) is 21.1.